The molecule has 0 atom stereocenters. The van der Waals surface area contributed by atoms with Crippen LogP contribution in [0.15, 0.2) is 0 Å². The monoisotopic (exact) mass is 235 g/mol. The van der Waals surface area contributed by atoms with Crippen LogP contribution >= 0.6 is 0 Å². The van der Waals surface area contributed by atoms with E-state index in [1.54, 1.807) is 0 Å². The molecule has 0 saturated carbocycles. The summed E-state index contributed by atoms with van der Waals surface area (Å²) in [4.78, 5) is 2.30. The maximum atomic E-state index is 10.8. The number of nitrogens with one attached hydrogen (secondary N) is 2. The molecular weight excluding hydrogens is 214 g/mol. The van der Waals surface area contributed by atoms with Crippen molar-refractivity contribution in [3.8, 4) is 0 Å². The molecule has 1 aliphatic heterocycles. The topological polar surface area (TPSA) is 61.4 Å². The summed E-state index contributed by atoms with van der Waals surface area (Å²) in [5.41, 5.74) is 0. The van der Waals surface area contributed by atoms with Gasteiger partial charge < -0.3 is 10.2 Å². The Morgan fingerprint density at radius 2 is 1.93 bits per heavy atom. The van der Waals surface area contributed by atoms with E-state index in [2.05, 4.69) is 14.9 Å². The lowest BCUT2D eigenvalue weighted by Crippen LogP contribution is -2.43. The van der Waals surface area contributed by atoms with Crippen LogP contribution < -0.4 is 10.0 Å². The van der Waals surface area contributed by atoms with E-state index in [0.717, 1.165) is 32.5 Å². The highest BCUT2D eigenvalue weighted by Gasteiger charge is 2.17. The second kappa shape index (κ2) is 5.79. The highest BCUT2D eigenvalue weighted by molar-refractivity contribution is 7.88. The van der Waals surface area contributed by atoms with Crippen LogP contribution in [0.2, 0.25) is 0 Å². The van der Waals surface area contributed by atoms with Gasteiger partial charge in [-0.05, 0) is 33.0 Å². The lowest BCUT2D eigenvalue weighted by molar-refractivity contribution is 0.205. The Morgan fingerprint density at radius 3 is 2.40 bits per heavy atom. The summed E-state index contributed by atoms with van der Waals surface area (Å²) < 4.78 is 24.2. The molecule has 1 saturated heterocycles. The zero-order valence-electron chi connectivity index (χ0n) is 9.49. The fourth-order valence-electron chi connectivity index (χ4n) is 1.83. The Labute approximate surface area is 92.3 Å². The van der Waals surface area contributed by atoms with Crippen molar-refractivity contribution in [2.24, 2.45) is 0 Å². The van der Waals surface area contributed by atoms with E-state index in [9.17, 15) is 8.42 Å². The predicted molar refractivity (Wildman–Crippen MR) is 61.4 cm³/mol. The van der Waals surface area contributed by atoms with Gasteiger partial charge in [0.05, 0.1) is 6.26 Å². The fraction of sp³-hybridized carbons (Fsp3) is 1.00. The van der Waals surface area contributed by atoms with Gasteiger partial charge in [-0.1, -0.05) is 0 Å². The van der Waals surface area contributed by atoms with Crippen LogP contribution in [0.5, 0.6) is 0 Å². The fourth-order valence-corrected chi connectivity index (χ4v) is 2.30. The number of nitrogens with zero attached hydrogens (tertiary/aromatic N) is 1. The maximum Gasteiger partial charge on any atom is 0.208 e. The lowest BCUT2D eigenvalue weighted by Gasteiger charge is -2.31. The molecule has 1 rings (SSSR count). The standard InChI is InChI=1S/C9H21N3O2S/c1-10-9-3-6-12(7-4-9)8-5-11-15(2,13)14/h9-11H,3-8H2,1-2H3. The molecule has 0 aromatic rings. The Kier molecular flexibility index (Phi) is 4.98. The van der Waals surface area contributed by atoms with E-state index in [1.807, 2.05) is 7.05 Å². The molecule has 0 spiro atoms. The van der Waals surface area contributed by atoms with Crippen LogP contribution in [0.4, 0.5) is 0 Å². The molecule has 1 heterocycles. The van der Waals surface area contributed by atoms with Crippen LogP contribution in [-0.2, 0) is 10.0 Å². The van der Waals surface area contributed by atoms with Gasteiger partial charge in [0, 0.05) is 19.1 Å². The van der Waals surface area contributed by atoms with E-state index in [4.69, 9.17) is 0 Å². The van der Waals surface area contributed by atoms with Gasteiger partial charge in [0.1, 0.15) is 0 Å². The van der Waals surface area contributed by atoms with Crippen molar-refractivity contribution in [3.63, 3.8) is 0 Å². The normalized spacial score (nSPS) is 20.7. The second-order valence-corrected chi connectivity index (χ2v) is 5.90. The SMILES string of the molecule is CNC1CCN(CCNS(C)(=O)=O)CC1. The van der Waals surface area contributed by atoms with Crippen molar-refractivity contribution in [2.45, 2.75) is 18.9 Å². The first-order valence-corrected chi connectivity index (χ1v) is 7.24. The van der Waals surface area contributed by atoms with Crippen LogP contribution in [0.1, 0.15) is 12.8 Å². The summed E-state index contributed by atoms with van der Waals surface area (Å²) in [6, 6.07) is 0.629. The molecule has 0 amide bonds. The van der Waals surface area contributed by atoms with E-state index >= 15 is 0 Å². The van der Waals surface area contributed by atoms with Gasteiger partial charge in [0.25, 0.3) is 0 Å². The highest BCUT2D eigenvalue weighted by Crippen LogP contribution is 2.08. The molecule has 90 valence electrons. The molecule has 1 fully saturated rings. The molecule has 5 nitrogen and oxygen atoms in total. The summed E-state index contributed by atoms with van der Waals surface area (Å²) in [6.45, 7) is 3.43. The number of likely N-dealkylation sites (tertiary alicyclic amines) is 1. The Hall–Kier alpha value is -0.170. The van der Waals surface area contributed by atoms with Crippen molar-refractivity contribution in [1.29, 1.82) is 0 Å². The minimum atomic E-state index is -3.03. The Balaban J connectivity index is 2.14. The van der Waals surface area contributed by atoms with Crippen molar-refractivity contribution in [2.75, 3.05) is 39.5 Å². The van der Waals surface area contributed by atoms with Crippen LogP contribution in [0.25, 0.3) is 0 Å². The van der Waals surface area contributed by atoms with Gasteiger partial charge in [-0.25, -0.2) is 13.1 Å². The summed E-state index contributed by atoms with van der Waals surface area (Å²) in [6.07, 6.45) is 3.49. The molecule has 0 radical (unpaired) electrons. The van der Waals surface area contributed by atoms with E-state index in [-0.39, 0.29) is 0 Å². The summed E-state index contributed by atoms with van der Waals surface area (Å²) >= 11 is 0. The van der Waals surface area contributed by atoms with Gasteiger partial charge in [-0.15, -0.1) is 0 Å². The third kappa shape index (κ3) is 5.46. The smallest absolute Gasteiger partial charge is 0.208 e. The zero-order valence-corrected chi connectivity index (χ0v) is 10.3. The molecule has 6 heteroatoms. The third-order valence-corrected chi connectivity index (χ3v) is 3.52. The van der Waals surface area contributed by atoms with Crippen LogP contribution in [0.3, 0.4) is 0 Å². The van der Waals surface area contributed by atoms with Crippen molar-refractivity contribution in [3.05, 3.63) is 0 Å². The minimum absolute atomic E-state index is 0.517. The maximum absolute atomic E-state index is 10.8. The lowest BCUT2D eigenvalue weighted by atomic mass is 10.1. The second-order valence-electron chi connectivity index (χ2n) is 4.07. The first-order chi connectivity index (χ1) is 7.01. The number of hydrogen-bond acceptors (Lipinski definition) is 4. The minimum Gasteiger partial charge on any atom is -0.317 e. The van der Waals surface area contributed by atoms with Crippen LogP contribution in [0, 0.1) is 0 Å². The predicted octanol–water partition coefficient (Wildman–Crippen LogP) is -0.781. The largest absolute Gasteiger partial charge is 0.317 e. The number of sulfonamides is 1. The van der Waals surface area contributed by atoms with Crippen molar-refractivity contribution >= 4 is 10.0 Å². The van der Waals surface area contributed by atoms with Gasteiger partial charge in [-0.2, -0.15) is 0 Å². The summed E-state index contributed by atoms with van der Waals surface area (Å²) in [5.74, 6) is 0. The van der Waals surface area contributed by atoms with Crippen molar-refractivity contribution < 1.29 is 8.42 Å². The average molecular weight is 235 g/mol. The molecule has 15 heavy (non-hydrogen) atoms. The first-order valence-electron chi connectivity index (χ1n) is 5.35. The quantitative estimate of drug-likeness (QED) is 0.656. The van der Waals surface area contributed by atoms with E-state index in [0.29, 0.717) is 12.6 Å². The molecule has 0 aliphatic carbocycles. The molecule has 2 N–H and O–H groups in total. The van der Waals surface area contributed by atoms with Gasteiger partial charge in [0.15, 0.2) is 0 Å². The van der Waals surface area contributed by atoms with Crippen molar-refractivity contribution in [1.82, 2.24) is 14.9 Å². The van der Waals surface area contributed by atoms with Gasteiger partial charge >= 0.3 is 0 Å². The first kappa shape index (κ1) is 12.9. The molecule has 1 aliphatic rings. The van der Waals surface area contributed by atoms with E-state index < -0.39 is 10.0 Å². The molecule has 0 bridgehead atoms. The van der Waals surface area contributed by atoms with Gasteiger partial charge in [-0.3, -0.25) is 0 Å². The van der Waals surface area contributed by atoms with Gasteiger partial charge in [0.2, 0.25) is 10.0 Å². The molecule has 0 aromatic carbocycles. The molecule has 0 unspecified atom stereocenters. The third-order valence-electron chi connectivity index (χ3n) is 2.79. The number of piperidine rings is 1. The average Bonchev–Trinajstić information content (AvgIpc) is 2.17. The molecular formula is C9H21N3O2S. The summed E-state index contributed by atoms with van der Waals surface area (Å²) in [7, 11) is -1.04. The Bertz CT molecular complexity index is 271. The van der Waals surface area contributed by atoms with E-state index in [1.165, 1.54) is 6.26 Å². The molecule has 0 aromatic heterocycles. The number of hydrogen-bond donors (Lipinski definition) is 2. The number of rotatable bonds is 5. The zero-order chi connectivity index (χ0) is 11.3. The Morgan fingerprint density at radius 1 is 1.33 bits per heavy atom. The highest BCUT2D eigenvalue weighted by atomic mass is 32.2. The summed E-state index contributed by atoms with van der Waals surface area (Å²) in [5, 5.41) is 3.27. The van der Waals surface area contributed by atoms with Crippen LogP contribution in [-0.4, -0.2) is 58.8 Å².